The van der Waals surface area contributed by atoms with Gasteiger partial charge in [0, 0.05) is 25.0 Å². The fourth-order valence-electron chi connectivity index (χ4n) is 3.99. The number of carbonyl (C=O) groups is 1. The lowest BCUT2D eigenvalue weighted by Gasteiger charge is -2.28. The van der Waals surface area contributed by atoms with E-state index in [1.807, 2.05) is 18.2 Å². The van der Waals surface area contributed by atoms with Crippen molar-refractivity contribution in [2.45, 2.75) is 59.0 Å². The van der Waals surface area contributed by atoms with Crippen molar-refractivity contribution in [2.75, 3.05) is 6.54 Å². The van der Waals surface area contributed by atoms with Gasteiger partial charge in [0.05, 0.1) is 12.5 Å². The lowest BCUT2D eigenvalue weighted by atomic mass is 9.95. The van der Waals surface area contributed by atoms with Gasteiger partial charge in [-0.15, -0.1) is 0 Å². The number of carbonyl (C=O) groups excluding carboxylic acids is 1. The molecule has 0 aliphatic carbocycles. The van der Waals surface area contributed by atoms with E-state index in [1.165, 1.54) is 16.8 Å². The summed E-state index contributed by atoms with van der Waals surface area (Å²) in [6.45, 7) is 8.73. The van der Waals surface area contributed by atoms with E-state index in [9.17, 15) is 4.79 Å². The number of amides is 1. The Morgan fingerprint density at radius 3 is 2.40 bits per heavy atom. The van der Waals surface area contributed by atoms with Crippen molar-refractivity contribution >= 4 is 5.91 Å². The first-order valence-electron chi connectivity index (χ1n) is 11.2. The molecule has 1 aromatic heterocycles. The topological polar surface area (TPSA) is 25.2 Å². The van der Waals surface area contributed by atoms with Crippen molar-refractivity contribution in [1.29, 1.82) is 0 Å². The van der Waals surface area contributed by atoms with Crippen LogP contribution in [0.1, 0.15) is 61.4 Å². The minimum absolute atomic E-state index is 0.0807. The maximum Gasteiger partial charge on any atom is 0.230 e. The number of benzene rings is 2. The van der Waals surface area contributed by atoms with Crippen LogP contribution >= 0.6 is 0 Å². The molecule has 0 saturated heterocycles. The third kappa shape index (κ3) is 5.41. The normalized spacial score (nSPS) is 12.0. The monoisotopic (exact) mass is 402 g/mol. The first-order chi connectivity index (χ1) is 14.6. The average molecular weight is 403 g/mol. The Bertz CT molecular complexity index is 929. The van der Waals surface area contributed by atoms with Crippen molar-refractivity contribution in [1.82, 2.24) is 9.47 Å². The number of unbranched alkanes of at least 4 members (excludes halogenated alkanes) is 1. The van der Waals surface area contributed by atoms with E-state index >= 15 is 0 Å². The Balaban J connectivity index is 1.81. The summed E-state index contributed by atoms with van der Waals surface area (Å²) in [5, 5.41) is 0. The molecule has 3 aromatic rings. The van der Waals surface area contributed by atoms with Gasteiger partial charge in [-0.2, -0.15) is 0 Å². The Morgan fingerprint density at radius 2 is 1.70 bits per heavy atom. The Labute approximate surface area is 181 Å². The van der Waals surface area contributed by atoms with Gasteiger partial charge in [-0.05, 0) is 48.6 Å². The quantitative estimate of drug-likeness (QED) is 0.398. The summed E-state index contributed by atoms with van der Waals surface area (Å²) in [6, 6.07) is 22.9. The van der Waals surface area contributed by atoms with Crippen molar-refractivity contribution in [3.8, 4) is 0 Å². The second-order valence-corrected chi connectivity index (χ2v) is 8.04. The zero-order valence-electron chi connectivity index (χ0n) is 18.6. The molecular formula is C27H34N2O. The van der Waals surface area contributed by atoms with Gasteiger partial charge in [0.25, 0.3) is 0 Å². The molecule has 1 atom stereocenters. The molecule has 0 unspecified atom stereocenters. The largest absolute Gasteiger partial charge is 0.345 e. The zero-order valence-corrected chi connectivity index (χ0v) is 18.6. The van der Waals surface area contributed by atoms with Gasteiger partial charge >= 0.3 is 0 Å². The van der Waals surface area contributed by atoms with Crippen LogP contribution in [0.4, 0.5) is 0 Å². The van der Waals surface area contributed by atoms with Gasteiger partial charge in [0.15, 0.2) is 0 Å². The van der Waals surface area contributed by atoms with Crippen molar-refractivity contribution in [3.63, 3.8) is 0 Å². The molecule has 3 heteroatoms. The molecule has 0 spiro atoms. The lowest BCUT2D eigenvalue weighted by molar-refractivity contribution is -0.133. The molecule has 3 nitrogen and oxygen atoms in total. The molecule has 30 heavy (non-hydrogen) atoms. The highest BCUT2D eigenvalue weighted by atomic mass is 16.2. The molecule has 0 radical (unpaired) electrons. The molecule has 1 heterocycles. The molecule has 0 aliphatic rings. The Morgan fingerprint density at radius 1 is 0.967 bits per heavy atom. The minimum Gasteiger partial charge on any atom is -0.345 e. The van der Waals surface area contributed by atoms with Gasteiger partial charge in [0.2, 0.25) is 5.91 Å². The van der Waals surface area contributed by atoms with E-state index < -0.39 is 0 Å². The third-order valence-electron chi connectivity index (χ3n) is 5.88. The predicted octanol–water partition coefficient (Wildman–Crippen LogP) is 6.17. The summed E-state index contributed by atoms with van der Waals surface area (Å²) >= 11 is 0. The number of hydrogen-bond acceptors (Lipinski definition) is 1. The average Bonchev–Trinajstić information content (AvgIpc) is 3.20. The second-order valence-electron chi connectivity index (χ2n) is 8.04. The first-order valence-corrected chi connectivity index (χ1v) is 11.2. The predicted molar refractivity (Wildman–Crippen MR) is 125 cm³/mol. The SMILES string of the molecule is CCCCN(Cc1cccn1Cc1ccccc1C)C(=O)[C@H](CC)c1ccccc1. The van der Waals surface area contributed by atoms with Gasteiger partial charge < -0.3 is 9.47 Å². The van der Waals surface area contributed by atoms with Crippen LogP contribution < -0.4 is 0 Å². The molecule has 3 rings (SSSR count). The molecule has 158 valence electrons. The standard InChI is InChI=1S/C27H34N2O/c1-4-6-18-29(27(30)26(5-2)23-14-8-7-9-15-23)21-25-17-12-19-28(25)20-24-16-11-10-13-22(24)3/h7-17,19,26H,4-6,18,20-21H2,1-3H3/t26-/m1/s1. The highest BCUT2D eigenvalue weighted by Crippen LogP contribution is 2.24. The third-order valence-corrected chi connectivity index (χ3v) is 5.88. The van der Waals surface area contributed by atoms with Crippen LogP contribution in [-0.4, -0.2) is 21.9 Å². The smallest absolute Gasteiger partial charge is 0.230 e. The van der Waals surface area contributed by atoms with Crippen LogP contribution in [0.15, 0.2) is 72.9 Å². The molecule has 0 N–H and O–H groups in total. The van der Waals surface area contributed by atoms with Gasteiger partial charge in [-0.25, -0.2) is 0 Å². The highest BCUT2D eigenvalue weighted by molar-refractivity contribution is 5.83. The molecule has 0 aliphatic heterocycles. The Kier molecular flexibility index (Phi) is 7.89. The number of rotatable bonds is 10. The van der Waals surface area contributed by atoms with Crippen molar-refractivity contribution in [3.05, 3.63) is 95.3 Å². The minimum atomic E-state index is -0.0807. The summed E-state index contributed by atoms with van der Waals surface area (Å²) in [7, 11) is 0. The van der Waals surface area contributed by atoms with E-state index in [4.69, 9.17) is 0 Å². The summed E-state index contributed by atoms with van der Waals surface area (Å²) in [5.74, 6) is 0.156. The van der Waals surface area contributed by atoms with Crippen LogP contribution in [0.3, 0.4) is 0 Å². The van der Waals surface area contributed by atoms with E-state index in [0.29, 0.717) is 6.54 Å². The van der Waals surface area contributed by atoms with E-state index in [0.717, 1.165) is 37.9 Å². The summed E-state index contributed by atoms with van der Waals surface area (Å²) in [5.41, 5.74) is 4.91. The van der Waals surface area contributed by atoms with E-state index in [-0.39, 0.29) is 11.8 Å². The van der Waals surface area contributed by atoms with E-state index in [2.05, 4.69) is 85.0 Å². The fourth-order valence-corrected chi connectivity index (χ4v) is 3.99. The number of hydrogen-bond donors (Lipinski definition) is 0. The van der Waals surface area contributed by atoms with Gasteiger partial charge in [0.1, 0.15) is 0 Å². The molecule has 0 fully saturated rings. The van der Waals surface area contributed by atoms with Crippen molar-refractivity contribution in [2.24, 2.45) is 0 Å². The number of nitrogens with zero attached hydrogens (tertiary/aromatic N) is 2. The Hall–Kier alpha value is -2.81. The van der Waals surface area contributed by atoms with Crippen LogP contribution in [0, 0.1) is 6.92 Å². The molecular weight excluding hydrogens is 368 g/mol. The van der Waals surface area contributed by atoms with Crippen LogP contribution in [0.2, 0.25) is 0 Å². The zero-order chi connectivity index (χ0) is 21.3. The second kappa shape index (κ2) is 10.8. The molecule has 2 aromatic carbocycles. The van der Waals surface area contributed by atoms with Gasteiger partial charge in [-0.1, -0.05) is 74.9 Å². The highest BCUT2D eigenvalue weighted by Gasteiger charge is 2.25. The fraction of sp³-hybridized carbons (Fsp3) is 0.370. The number of aryl methyl sites for hydroxylation is 1. The van der Waals surface area contributed by atoms with Crippen LogP contribution in [-0.2, 0) is 17.9 Å². The first kappa shape index (κ1) is 21.9. The maximum absolute atomic E-state index is 13.5. The number of aromatic nitrogens is 1. The van der Waals surface area contributed by atoms with Crippen molar-refractivity contribution < 1.29 is 4.79 Å². The van der Waals surface area contributed by atoms with E-state index in [1.54, 1.807) is 0 Å². The molecule has 0 saturated carbocycles. The van der Waals surface area contributed by atoms with Crippen LogP contribution in [0.25, 0.3) is 0 Å². The molecule has 0 bridgehead atoms. The summed E-state index contributed by atoms with van der Waals surface area (Å²) in [4.78, 5) is 15.6. The van der Waals surface area contributed by atoms with Gasteiger partial charge in [-0.3, -0.25) is 4.79 Å². The summed E-state index contributed by atoms with van der Waals surface area (Å²) in [6.07, 6.45) is 5.04. The van der Waals surface area contributed by atoms with Crippen LogP contribution in [0.5, 0.6) is 0 Å². The molecule has 1 amide bonds. The summed E-state index contributed by atoms with van der Waals surface area (Å²) < 4.78 is 2.28. The lowest BCUT2D eigenvalue weighted by Crippen LogP contribution is -2.36. The maximum atomic E-state index is 13.5.